The summed E-state index contributed by atoms with van der Waals surface area (Å²) >= 11 is 6.03. The fourth-order valence-electron chi connectivity index (χ4n) is 1.40. The molecule has 3 nitrogen and oxygen atoms in total. The second-order valence-electron chi connectivity index (χ2n) is 3.91. The number of hydrogen-bond donors (Lipinski definition) is 1. The lowest BCUT2D eigenvalue weighted by Gasteiger charge is -2.10. The molecule has 1 N–H and O–H groups in total. The molecule has 0 amide bonds. The second-order valence-corrected chi connectivity index (χ2v) is 4.31. The number of rotatable bonds is 6. The van der Waals surface area contributed by atoms with Crippen LogP contribution in [0.2, 0.25) is 5.02 Å². The first kappa shape index (κ1) is 11.6. The van der Waals surface area contributed by atoms with Crippen LogP contribution >= 0.6 is 11.6 Å². The van der Waals surface area contributed by atoms with Crippen LogP contribution in [0.25, 0.3) is 0 Å². The highest BCUT2D eigenvalue weighted by Gasteiger charge is 2.20. The smallest absolute Gasteiger partial charge is 0.140 e. The molecule has 2 rings (SSSR count). The molecule has 4 heteroatoms. The minimum absolute atomic E-state index is 0.517. The minimum atomic E-state index is 0.517. The van der Waals surface area contributed by atoms with Gasteiger partial charge in [-0.3, -0.25) is 0 Å². The van der Waals surface area contributed by atoms with E-state index >= 15 is 0 Å². The molecule has 1 aliphatic rings. The van der Waals surface area contributed by atoms with E-state index in [4.69, 9.17) is 21.1 Å². The zero-order chi connectivity index (χ0) is 11.4. The van der Waals surface area contributed by atoms with E-state index in [0.29, 0.717) is 30.0 Å². The van der Waals surface area contributed by atoms with Crippen LogP contribution in [-0.2, 0) is 4.74 Å². The Labute approximate surface area is 101 Å². The summed E-state index contributed by atoms with van der Waals surface area (Å²) in [4.78, 5) is 0. The molecule has 0 unspecified atom stereocenters. The Morgan fingerprint density at radius 3 is 2.88 bits per heavy atom. The highest BCUT2D eigenvalue weighted by atomic mass is 35.5. The quantitative estimate of drug-likeness (QED) is 0.777. The average molecular weight is 242 g/mol. The molecule has 0 radical (unpaired) electrons. The van der Waals surface area contributed by atoms with Crippen molar-refractivity contribution in [3.05, 3.63) is 23.2 Å². The van der Waals surface area contributed by atoms with E-state index in [1.54, 1.807) is 7.11 Å². The fraction of sp³-hybridized carbons (Fsp3) is 0.500. The van der Waals surface area contributed by atoms with E-state index in [1.807, 2.05) is 18.2 Å². The second kappa shape index (κ2) is 5.41. The molecule has 0 bridgehead atoms. The number of hydrogen-bond acceptors (Lipinski definition) is 3. The van der Waals surface area contributed by atoms with Crippen LogP contribution < -0.4 is 10.1 Å². The Kier molecular flexibility index (Phi) is 3.91. The van der Waals surface area contributed by atoms with Gasteiger partial charge in [0.05, 0.1) is 11.6 Å². The maximum absolute atomic E-state index is 6.03. The largest absolute Gasteiger partial charge is 0.490 e. The van der Waals surface area contributed by atoms with E-state index in [0.717, 1.165) is 5.69 Å². The van der Waals surface area contributed by atoms with Crippen molar-refractivity contribution in [3.63, 3.8) is 0 Å². The molecule has 1 saturated carbocycles. The minimum Gasteiger partial charge on any atom is -0.490 e. The van der Waals surface area contributed by atoms with Crippen LogP contribution in [-0.4, -0.2) is 26.4 Å². The molecule has 0 aromatic heterocycles. The van der Waals surface area contributed by atoms with Crippen molar-refractivity contribution < 1.29 is 9.47 Å². The molecule has 1 aromatic rings. The first-order chi connectivity index (χ1) is 7.79. The first-order valence-electron chi connectivity index (χ1n) is 5.47. The van der Waals surface area contributed by atoms with Gasteiger partial charge in [-0.2, -0.15) is 0 Å². The molecule has 0 heterocycles. The summed E-state index contributed by atoms with van der Waals surface area (Å²) in [6.45, 7) is 1.08. The zero-order valence-electron chi connectivity index (χ0n) is 9.33. The molecule has 0 spiro atoms. The Balaban J connectivity index is 1.97. The predicted molar refractivity (Wildman–Crippen MR) is 65.5 cm³/mol. The Morgan fingerprint density at radius 2 is 2.19 bits per heavy atom. The summed E-state index contributed by atoms with van der Waals surface area (Å²) < 4.78 is 10.4. The Hall–Kier alpha value is -0.930. The van der Waals surface area contributed by atoms with Gasteiger partial charge in [0, 0.05) is 24.9 Å². The van der Waals surface area contributed by atoms with Crippen LogP contribution in [0.5, 0.6) is 5.75 Å². The summed E-state index contributed by atoms with van der Waals surface area (Å²) in [5, 5.41) is 4.04. The lowest BCUT2D eigenvalue weighted by Crippen LogP contribution is -2.05. The Bertz CT molecular complexity index is 353. The van der Waals surface area contributed by atoms with Crippen LogP contribution in [0.3, 0.4) is 0 Å². The molecule has 0 saturated heterocycles. The van der Waals surface area contributed by atoms with Crippen molar-refractivity contribution in [2.45, 2.75) is 18.9 Å². The fourth-order valence-corrected chi connectivity index (χ4v) is 1.57. The van der Waals surface area contributed by atoms with E-state index in [2.05, 4.69) is 5.32 Å². The zero-order valence-corrected chi connectivity index (χ0v) is 10.1. The van der Waals surface area contributed by atoms with Gasteiger partial charge in [0.15, 0.2) is 0 Å². The highest BCUT2D eigenvalue weighted by Crippen LogP contribution is 2.31. The maximum atomic E-state index is 6.03. The van der Waals surface area contributed by atoms with Crippen molar-refractivity contribution in [1.82, 2.24) is 0 Å². The third-order valence-electron chi connectivity index (χ3n) is 2.42. The van der Waals surface area contributed by atoms with Crippen molar-refractivity contribution in [2.75, 3.05) is 25.6 Å². The third-order valence-corrected chi connectivity index (χ3v) is 2.74. The summed E-state index contributed by atoms with van der Waals surface area (Å²) in [6, 6.07) is 6.40. The molecular formula is C12H16ClNO2. The Morgan fingerprint density at radius 1 is 1.38 bits per heavy atom. The molecule has 0 atom stereocenters. The van der Waals surface area contributed by atoms with Crippen LogP contribution in [0, 0.1) is 0 Å². The predicted octanol–water partition coefficient (Wildman–Crippen LogP) is 2.94. The molecule has 0 aliphatic heterocycles. The average Bonchev–Trinajstić information content (AvgIpc) is 3.07. The number of nitrogens with one attached hydrogen (secondary N) is 1. The van der Waals surface area contributed by atoms with Crippen molar-refractivity contribution in [2.24, 2.45) is 0 Å². The van der Waals surface area contributed by atoms with Crippen molar-refractivity contribution in [1.29, 1.82) is 0 Å². The van der Waals surface area contributed by atoms with Crippen LogP contribution in [0.15, 0.2) is 18.2 Å². The van der Waals surface area contributed by atoms with E-state index in [9.17, 15) is 0 Å². The lowest BCUT2D eigenvalue weighted by atomic mass is 10.3. The van der Waals surface area contributed by atoms with Gasteiger partial charge in [0.1, 0.15) is 12.4 Å². The van der Waals surface area contributed by atoms with Gasteiger partial charge in [-0.05, 0) is 25.0 Å². The standard InChI is InChI=1S/C12H16ClNO2/c1-15-6-7-16-12-8-10(4-5-11(12)13)14-9-2-3-9/h4-5,8-9,14H,2-3,6-7H2,1H3. The lowest BCUT2D eigenvalue weighted by molar-refractivity contribution is 0.146. The van der Waals surface area contributed by atoms with Crippen LogP contribution in [0.4, 0.5) is 5.69 Å². The van der Waals surface area contributed by atoms with Gasteiger partial charge < -0.3 is 14.8 Å². The van der Waals surface area contributed by atoms with Crippen LogP contribution in [0.1, 0.15) is 12.8 Å². The molecule has 88 valence electrons. The topological polar surface area (TPSA) is 30.5 Å². The SMILES string of the molecule is COCCOc1cc(NC2CC2)ccc1Cl. The number of anilines is 1. The van der Waals surface area contributed by atoms with Gasteiger partial charge in [-0.25, -0.2) is 0 Å². The maximum Gasteiger partial charge on any atom is 0.140 e. The van der Waals surface area contributed by atoms with Crippen molar-refractivity contribution in [3.8, 4) is 5.75 Å². The van der Waals surface area contributed by atoms with Gasteiger partial charge in [0.25, 0.3) is 0 Å². The van der Waals surface area contributed by atoms with Gasteiger partial charge >= 0.3 is 0 Å². The summed E-state index contributed by atoms with van der Waals surface area (Å²) in [6.07, 6.45) is 2.50. The van der Waals surface area contributed by atoms with E-state index in [1.165, 1.54) is 12.8 Å². The first-order valence-corrected chi connectivity index (χ1v) is 5.85. The molecule has 1 fully saturated rings. The molecule has 16 heavy (non-hydrogen) atoms. The third kappa shape index (κ3) is 3.29. The van der Waals surface area contributed by atoms with Gasteiger partial charge in [0.2, 0.25) is 0 Å². The molecule has 1 aromatic carbocycles. The molecular weight excluding hydrogens is 226 g/mol. The summed E-state index contributed by atoms with van der Waals surface area (Å²) in [5.41, 5.74) is 1.07. The number of halogens is 1. The monoisotopic (exact) mass is 241 g/mol. The highest BCUT2D eigenvalue weighted by molar-refractivity contribution is 6.32. The van der Waals surface area contributed by atoms with E-state index < -0.39 is 0 Å². The number of benzene rings is 1. The van der Waals surface area contributed by atoms with Gasteiger partial charge in [-0.15, -0.1) is 0 Å². The van der Waals surface area contributed by atoms with Gasteiger partial charge in [-0.1, -0.05) is 11.6 Å². The number of methoxy groups -OCH3 is 1. The van der Waals surface area contributed by atoms with Crippen molar-refractivity contribution >= 4 is 17.3 Å². The van der Waals surface area contributed by atoms with E-state index in [-0.39, 0.29) is 0 Å². The normalized spacial score (nSPS) is 14.9. The summed E-state index contributed by atoms with van der Waals surface area (Å²) in [5.74, 6) is 0.712. The summed E-state index contributed by atoms with van der Waals surface area (Å²) in [7, 11) is 1.65. The number of ether oxygens (including phenoxy) is 2. The molecule has 1 aliphatic carbocycles.